The highest BCUT2D eigenvalue weighted by atomic mass is 32.2. The SMILES string of the molecule is N#Cc1ncccc1CS(=O)(=O)c1cc(F)ccc1N. The van der Waals surface area contributed by atoms with Crippen molar-refractivity contribution in [3.05, 3.63) is 53.6 Å². The maximum Gasteiger partial charge on any atom is 0.184 e. The molecule has 2 aromatic rings. The number of anilines is 1. The maximum atomic E-state index is 13.2. The van der Waals surface area contributed by atoms with Crippen LogP contribution in [0.2, 0.25) is 0 Å². The fourth-order valence-corrected chi connectivity index (χ4v) is 3.23. The first-order chi connectivity index (χ1) is 9.44. The Hall–Kier alpha value is -2.46. The third-order valence-electron chi connectivity index (χ3n) is 2.65. The molecule has 0 amide bonds. The molecule has 0 saturated heterocycles. The van der Waals surface area contributed by atoms with Gasteiger partial charge in [0.05, 0.1) is 16.3 Å². The van der Waals surface area contributed by atoms with E-state index in [4.69, 9.17) is 11.0 Å². The van der Waals surface area contributed by atoms with Crippen LogP contribution in [0.5, 0.6) is 0 Å². The van der Waals surface area contributed by atoms with E-state index >= 15 is 0 Å². The Kier molecular flexibility index (Phi) is 3.68. The van der Waals surface area contributed by atoms with Crippen molar-refractivity contribution in [2.24, 2.45) is 0 Å². The van der Waals surface area contributed by atoms with Crippen molar-refractivity contribution in [2.75, 3.05) is 5.73 Å². The Morgan fingerprint density at radius 1 is 1.35 bits per heavy atom. The second kappa shape index (κ2) is 5.27. The van der Waals surface area contributed by atoms with Gasteiger partial charge in [-0.3, -0.25) is 0 Å². The average Bonchev–Trinajstić information content (AvgIpc) is 2.41. The monoisotopic (exact) mass is 291 g/mol. The molecule has 1 aromatic heterocycles. The van der Waals surface area contributed by atoms with Crippen LogP contribution < -0.4 is 5.73 Å². The number of halogens is 1. The first-order valence-electron chi connectivity index (χ1n) is 5.56. The molecule has 2 rings (SSSR count). The lowest BCUT2D eigenvalue weighted by molar-refractivity contribution is 0.590. The van der Waals surface area contributed by atoms with Gasteiger partial charge in [0.15, 0.2) is 9.84 Å². The van der Waals surface area contributed by atoms with E-state index in [-0.39, 0.29) is 21.8 Å². The zero-order chi connectivity index (χ0) is 14.8. The van der Waals surface area contributed by atoms with Crippen molar-refractivity contribution < 1.29 is 12.8 Å². The van der Waals surface area contributed by atoms with Gasteiger partial charge in [-0.25, -0.2) is 17.8 Å². The minimum absolute atomic E-state index is 0.0195. The lowest BCUT2D eigenvalue weighted by atomic mass is 10.2. The van der Waals surface area contributed by atoms with Crippen molar-refractivity contribution in [1.29, 1.82) is 5.26 Å². The molecule has 0 unspecified atom stereocenters. The van der Waals surface area contributed by atoms with Gasteiger partial charge >= 0.3 is 0 Å². The topological polar surface area (TPSA) is 96.8 Å². The summed E-state index contributed by atoms with van der Waals surface area (Å²) in [6.45, 7) is 0. The molecule has 20 heavy (non-hydrogen) atoms. The predicted octanol–water partition coefficient (Wildman–Crippen LogP) is 1.65. The van der Waals surface area contributed by atoms with Crippen LogP contribution >= 0.6 is 0 Å². The minimum atomic E-state index is -3.86. The number of hydrogen-bond donors (Lipinski definition) is 1. The zero-order valence-corrected chi connectivity index (χ0v) is 11.1. The molecular formula is C13H10FN3O2S. The highest BCUT2D eigenvalue weighted by molar-refractivity contribution is 7.90. The smallest absolute Gasteiger partial charge is 0.184 e. The van der Waals surface area contributed by atoms with E-state index in [0.717, 1.165) is 12.1 Å². The quantitative estimate of drug-likeness (QED) is 0.867. The lowest BCUT2D eigenvalue weighted by Gasteiger charge is -2.08. The molecule has 2 N–H and O–H groups in total. The molecule has 7 heteroatoms. The molecule has 0 fully saturated rings. The van der Waals surface area contributed by atoms with Gasteiger partial charge in [0.1, 0.15) is 17.6 Å². The van der Waals surface area contributed by atoms with Gasteiger partial charge in [-0.15, -0.1) is 0 Å². The maximum absolute atomic E-state index is 13.2. The number of rotatable bonds is 3. The molecule has 5 nitrogen and oxygen atoms in total. The first-order valence-corrected chi connectivity index (χ1v) is 7.21. The van der Waals surface area contributed by atoms with E-state index in [1.807, 2.05) is 6.07 Å². The summed E-state index contributed by atoms with van der Waals surface area (Å²) in [6, 6.07) is 7.97. The van der Waals surface area contributed by atoms with Crippen molar-refractivity contribution in [2.45, 2.75) is 10.6 Å². The summed E-state index contributed by atoms with van der Waals surface area (Å²) in [4.78, 5) is 3.50. The summed E-state index contributed by atoms with van der Waals surface area (Å²) in [7, 11) is -3.86. The van der Waals surface area contributed by atoms with E-state index in [2.05, 4.69) is 4.98 Å². The van der Waals surface area contributed by atoms with Gasteiger partial charge < -0.3 is 5.73 Å². The number of sulfone groups is 1. The van der Waals surface area contributed by atoms with Gasteiger partial charge in [-0.1, -0.05) is 6.07 Å². The Morgan fingerprint density at radius 3 is 2.80 bits per heavy atom. The van der Waals surface area contributed by atoms with Crippen molar-refractivity contribution in [3.8, 4) is 6.07 Å². The lowest BCUT2D eigenvalue weighted by Crippen LogP contribution is -2.10. The Morgan fingerprint density at radius 2 is 2.10 bits per heavy atom. The van der Waals surface area contributed by atoms with E-state index in [9.17, 15) is 12.8 Å². The van der Waals surface area contributed by atoms with Crippen molar-refractivity contribution in [1.82, 2.24) is 4.98 Å². The van der Waals surface area contributed by atoms with Crippen molar-refractivity contribution in [3.63, 3.8) is 0 Å². The predicted molar refractivity (Wildman–Crippen MR) is 70.7 cm³/mol. The van der Waals surface area contributed by atoms with Gasteiger partial charge in [-0.2, -0.15) is 5.26 Å². The van der Waals surface area contributed by atoms with Crippen LogP contribution in [0.25, 0.3) is 0 Å². The van der Waals surface area contributed by atoms with Crippen LogP contribution in [0.1, 0.15) is 11.3 Å². The molecule has 0 aliphatic carbocycles. The number of benzene rings is 1. The van der Waals surface area contributed by atoms with Crippen LogP contribution in [0, 0.1) is 17.1 Å². The van der Waals surface area contributed by atoms with Crippen LogP contribution in [-0.4, -0.2) is 13.4 Å². The third kappa shape index (κ3) is 2.75. The van der Waals surface area contributed by atoms with E-state index in [1.54, 1.807) is 0 Å². The van der Waals surface area contributed by atoms with Crippen molar-refractivity contribution >= 4 is 15.5 Å². The fourth-order valence-electron chi connectivity index (χ4n) is 1.72. The second-order valence-electron chi connectivity index (χ2n) is 4.06. The number of pyridine rings is 1. The molecule has 102 valence electrons. The number of aromatic nitrogens is 1. The molecular weight excluding hydrogens is 281 g/mol. The Balaban J connectivity index is 2.47. The molecule has 1 heterocycles. The number of nitrogens with two attached hydrogens (primary N) is 1. The van der Waals surface area contributed by atoms with Crippen LogP contribution in [0.4, 0.5) is 10.1 Å². The summed E-state index contributed by atoms with van der Waals surface area (Å²) in [5, 5.41) is 8.89. The number of nitrogens with zero attached hydrogens (tertiary/aromatic N) is 2. The summed E-state index contributed by atoms with van der Waals surface area (Å²) in [5.74, 6) is -1.15. The van der Waals surface area contributed by atoms with E-state index in [1.165, 1.54) is 24.4 Å². The molecule has 0 bridgehead atoms. The molecule has 0 radical (unpaired) electrons. The summed E-state index contributed by atoms with van der Waals surface area (Å²) >= 11 is 0. The molecule has 0 aliphatic rings. The second-order valence-corrected chi connectivity index (χ2v) is 6.02. The minimum Gasteiger partial charge on any atom is -0.398 e. The number of nitriles is 1. The fraction of sp³-hybridized carbons (Fsp3) is 0.0769. The molecule has 1 aromatic carbocycles. The normalized spacial score (nSPS) is 11.0. The van der Waals surface area contributed by atoms with Gasteiger partial charge in [0.25, 0.3) is 0 Å². The molecule has 0 aliphatic heterocycles. The van der Waals surface area contributed by atoms with Crippen LogP contribution in [-0.2, 0) is 15.6 Å². The summed E-state index contributed by atoms with van der Waals surface area (Å²) in [5.41, 5.74) is 5.81. The molecule has 0 saturated carbocycles. The van der Waals surface area contributed by atoms with Gasteiger partial charge in [-0.05, 0) is 24.3 Å². The average molecular weight is 291 g/mol. The van der Waals surface area contributed by atoms with Gasteiger partial charge in [0, 0.05) is 11.8 Å². The zero-order valence-electron chi connectivity index (χ0n) is 10.2. The number of hydrogen-bond acceptors (Lipinski definition) is 5. The van der Waals surface area contributed by atoms with E-state index in [0.29, 0.717) is 0 Å². The Labute approximate surface area is 115 Å². The summed E-state index contributed by atoms with van der Waals surface area (Å²) in [6.07, 6.45) is 1.39. The summed E-state index contributed by atoms with van der Waals surface area (Å²) < 4.78 is 37.7. The van der Waals surface area contributed by atoms with Crippen LogP contribution in [0.15, 0.2) is 41.4 Å². The Bertz CT molecular complexity index is 798. The van der Waals surface area contributed by atoms with Crippen LogP contribution in [0.3, 0.4) is 0 Å². The van der Waals surface area contributed by atoms with Gasteiger partial charge in [0.2, 0.25) is 0 Å². The first kappa shape index (κ1) is 14.0. The standard InChI is InChI=1S/C13H10FN3O2S/c14-10-3-4-11(16)13(6-10)20(18,19)8-9-2-1-5-17-12(9)7-15/h1-6H,8,16H2. The largest absolute Gasteiger partial charge is 0.398 e. The highest BCUT2D eigenvalue weighted by Crippen LogP contribution is 2.24. The molecule has 0 spiro atoms. The highest BCUT2D eigenvalue weighted by Gasteiger charge is 2.21. The number of nitrogen functional groups attached to an aromatic ring is 1. The third-order valence-corrected chi connectivity index (χ3v) is 4.37. The van der Waals surface area contributed by atoms with E-state index < -0.39 is 21.4 Å². The molecule has 0 atom stereocenters.